The van der Waals surface area contributed by atoms with Crippen LogP contribution in [0.4, 0.5) is 5.69 Å². The molecule has 1 rings (SSSR count). The minimum atomic E-state index is -3.65. The number of hydrogen-bond donors (Lipinski definition) is 1. The van der Waals surface area contributed by atoms with E-state index in [1.54, 1.807) is 0 Å². The van der Waals surface area contributed by atoms with Gasteiger partial charge in [-0.1, -0.05) is 11.6 Å². The fourth-order valence-corrected chi connectivity index (χ4v) is 2.46. The summed E-state index contributed by atoms with van der Waals surface area (Å²) in [6, 6.07) is 2.20. The highest BCUT2D eigenvalue weighted by atomic mass is 35.5. The van der Waals surface area contributed by atoms with Crippen molar-refractivity contribution in [3.8, 4) is 0 Å². The molecule has 0 saturated carbocycles. The van der Waals surface area contributed by atoms with Gasteiger partial charge < -0.3 is 0 Å². The van der Waals surface area contributed by atoms with Crippen molar-refractivity contribution in [3.63, 3.8) is 0 Å². The van der Waals surface area contributed by atoms with Gasteiger partial charge in [0, 0.05) is 6.07 Å². The first-order chi connectivity index (χ1) is 7.29. The zero-order valence-corrected chi connectivity index (χ0v) is 10.1. The van der Waals surface area contributed by atoms with Gasteiger partial charge in [0.1, 0.15) is 5.02 Å². The van der Waals surface area contributed by atoms with Gasteiger partial charge >= 0.3 is 0 Å². The summed E-state index contributed by atoms with van der Waals surface area (Å²) in [5.41, 5.74) is -0.0420. The largest absolute Gasteiger partial charge is 0.288 e. The van der Waals surface area contributed by atoms with E-state index in [2.05, 4.69) is 4.72 Å². The van der Waals surface area contributed by atoms with E-state index in [0.29, 0.717) is 0 Å². The molecular formula is C8H9ClN2O4S. The highest BCUT2D eigenvalue weighted by Crippen LogP contribution is 2.29. The molecule has 16 heavy (non-hydrogen) atoms. The maximum atomic E-state index is 11.5. The molecule has 1 aromatic rings. The van der Waals surface area contributed by atoms with E-state index in [1.165, 1.54) is 14.0 Å². The lowest BCUT2D eigenvalue weighted by molar-refractivity contribution is -0.384. The number of halogens is 1. The number of aryl methyl sites for hydroxylation is 1. The fraction of sp³-hybridized carbons (Fsp3) is 0.250. The third-order valence-electron chi connectivity index (χ3n) is 2.00. The van der Waals surface area contributed by atoms with Gasteiger partial charge in [0.2, 0.25) is 10.0 Å². The lowest BCUT2D eigenvalue weighted by atomic mass is 10.2. The molecule has 0 aliphatic carbocycles. The topological polar surface area (TPSA) is 89.3 Å². The van der Waals surface area contributed by atoms with Crippen LogP contribution in [0.3, 0.4) is 0 Å². The second kappa shape index (κ2) is 4.36. The summed E-state index contributed by atoms with van der Waals surface area (Å²) in [6.45, 7) is 1.47. The molecule has 0 radical (unpaired) electrons. The number of benzene rings is 1. The summed E-state index contributed by atoms with van der Waals surface area (Å²) in [5.74, 6) is 0. The summed E-state index contributed by atoms with van der Waals surface area (Å²) < 4.78 is 25.1. The van der Waals surface area contributed by atoms with Crippen LogP contribution >= 0.6 is 11.6 Å². The molecule has 0 aromatic heterocycles. The van der Waals surface area contributed by atoms with Crippen LogP contribution in [0.15, 0.2) is 17.0 Å². The van der Waals surface area contributed by atoms with E-state index >= 15 is 0 Å². The van der Waals surface area contributed by atoms with Gasteiger partial charge in [0.05, 0.1) is 9.82 Å². The van der Waals surface area contributed by atoms with E-state index in [9.17, 15) is 18.5 Å². The summed E-state index contributed by atoms with van der Waals surface area (Å²) in [6.07, 6.45) is 0. The van der Waals surface area contributed by atoms with Crippen LogP contribution in [0.1, 0.15) is 5.56 Å². The minimum absolute atomic E-state index is 0.0643. The number of nitro benzene ring substituents is 1. The lowest BCUT2D eigenvalue weighted by Gasteiger charge is -2.06. The van der Waals surface area contributed by atoms with Crippen molar-refractivity contribution in [1.82, 2.24) is 4.72 Å². The Morgan fingerprint density at radius 1 is 1.44 bits per heavy atom. The van der Waals surface area contributed by atoms with Gasteiger partial charge in [0.15, 0.2) is 0 Å². The number of rotatable bonds is 3. The Bertz CT molecular complexity index is 541. The Hall–Kier alpha value is -1.18. The monoisotopic (exact) mass is 264 g/mol. The second-order valence-electron chi connectivity index (χ2n) is 3.03. The van der Waals surface area contributed by atoms with Gasteiger partial charge in [-0.3, -0.25) is 10.1 Å². The first-order valence-corrected chi connectivity index (χ1v) is 6.04. The van der Waals surface area contributed by atoms with Gasteiger partial charge in [-0.25, -0.2) is 13.1 Å². The smallest absolute Gasteiger partial charge is 0.258 e. The van der Waals surface area contributed by atoms with E-state index in [4.69, 9.17) is 11.6 Å². The van der Waals surface area contributed by atoms with Crippen LogP contribution < -0.4 is 4.72 Å². The van der Waals surface area contributed by atoms with E-state index in [1.807, 2.05) is 0 Å². The van der Waals surface area contributed by atoms with Crippen molar-refractivity contribution in [2.24, 2.45) is 0 Å². The summed E-state index contributed by atoms with van der Waals surface area (Å²) in [4.78, 5) is 9.83. The average molecular weight is 265 g/mol. The lowest BCUT2D eigenvalue weighted by Crippen LogP contribution is -2.19. The predicted molar refractivity (Wildman–Crippen MR) is 59.1 cm³/mol. The van der Waals surface area contributed by atoms with Gasteiger partial charge in [-0.05, 0) is 25.6 Å². The Morgan fingerprint density at radius 2 is 2.00 bits per heavy atom. The highest BCUT2D eigenvalue weighted by Gasteiger charge is 2.21. The number of hydrogen-bond acceptors (Lipinski definition) is 4. The van der Waals surface area contributed by atoms with E-state index in [-0.39, 0.29) is 21.2 Å². The maximum Gasteiger partial charge on any atom is 0.288 e. The molecule has 1 aromatic carbocycles. The Kier molecular flexibility index (Phi) is 3.51. The van der Waals surface area contributed by atoms with Crippen molar-refractivity contribution in [1.29, 1.82) is 0 Å². The van der Waals surface area contributed by atoms with Gasteiger partial charge in [-0.2, -0.15) is 0 Å². The molecule has 0 bridgehead atoms. The Balaban J connectivity index is 3.49. The number of sulfonamides is 1. The normalized spacial score (nSPS) is 11.4. The molecule has 0 amide bonds. The highest BCUT2D eigenvalue weighted by molar-refractivity contribution is 7.89. The van der Waals surface area contributed by atoms with Crippen molar-refractivity contribution >= 4 is 27.3 Å². The van der Waals surface area contributed by atoms with Crippen molar-refractivity contribution < 1.29 is 13.3 Å². The molecule has 0 atom stereocenters. The van der Waals surface area contributed by atoms with Crippen LogP contribution in [0, 0.1) is 17.0 Å². The van der Waals surface area contributed by atoms with Crippen molar-refractivity contribution in [2.45, 2.75) is 11.8 Å². The molecule has 6 nitrogen and oxygen atoms in total. The van der Waals surface area contributed by atoms with Crippen molar-refractivity contribution in [3.05, 3.63) is 32.8 Å². The molecule has 0 aliphatic rings. The first kappa shape index (κ1) is 12.9. The minimum Gasteiger partial charge on any atom is -0.258 e. The van der Waals surface area contributed by atoms with Gasteiger partial charge in [0.25, 0.3) is 5.69 Å². The van der Waals surface area contributed by atoms with E-state index in [0.717, 1.165) is 12.1 Å². The van der Waals surface area contributed by atoms with Crippen LogP contribution in [-0.2, 0) is 10.0 Å². The Morgan fingerprint density at radius 3 is 2.44 bits per heavy atom. The van der Waals surface area contributed by atoms with E-state index < -0.39 is 14.9 Å². The second-order valence-corrected chi connectivity index (χ2v) is 5.30. The first-order valence-electron chi connectivity index (χ1n) is 4.17. The third kappa shape index (κ3) is 2.31. The molecule has 1 N–H and O–H groups in total. The molecule has 0 fully saturated rings. The van der Waals surface area contributed by atoms with Crippen LogP contribution in [-0.4, -0.2) is 20.4 Å². The fourth-order valence-electron chi connectivity index (χ4n) is 1.19. The summed E-state index contributed by atoms with van der Waals surface area (Å²) >= 11 is 5.63. The molecule has 8 heteroatoms. The number of nitrogens with one attached hydrogen (secondary N) is 1. The third-order valence-corrected chi connectivity index (χ3v) is 3.86. The van der Waals surface area contributed by atoms with Crippen LogP contribution in [0.5, 0.6) is 0 Å². The standard InChI is InChI=1S/C8H9ClN2O4S/c1-5-3-7(11(12)13)6(9)4-8(5)16(14,15)10-2/h3-4,10H,1-2H3. The SMILES string of the molecule is CNS(=O)(=O)c1cc(Cl)c([N+](=O)[O-])cc1C. The van der Waals surface area contributed by atoms with Crippen LogP contribution in [0.2, 0.25) is 5.02 Å². The average Bonchev–Trinajstić information content (AvgIpc) is 2.20. The maximum absolute atomic E-state index is 11.5. The number of nitrogens with zero attached hydrogens (tertiary/aromatic N) is 1. The zero-order valence-electron chi connectivity index (χ0n) is 8.52. The summed E-state index contributed by atoms with van der Waals surface area (Å²) in [7, 11) is -2.40. The predicted octanol–water partition coefficient (Wildman–Crippen LogP) is 1.46. The zero-order chi connectivity index (χ0) is 12.5. The number of nitro groups is 1. The molecule has 88 valence electrons. The van der Waals surface area contributed by atoms with Gasteiger partial charge in [-0.15, -0.1) is 0 Å². The Labute approximate surface area is 97.4 Å². The quantitative estimate of drug-likeness (QED) is 0.661. The molecular weight excluding hydrogens is 256 g/mol. The van der Waals surface area contributed by atoms with Crippen molar-refractivity contribution in [2.75, 3.05) is 7.05 Å². The van der Waals surface area contributed by atoms with Crippen LogP contribution in [0.25, 0.3) is 0 Å². The molecule has 0 aliphatic heterocycles. The molecule has 0 heterocycles. The molecule has 0 spiro atoms. The summed E-state index contributed by atoms with van der Waals surface area (Å²) in [5, 5.41) is 10.4. The molecule has 0 saturated heterocycles. The molecule has 0 unspecified atom stereocenters.